The summed E-state index contributed by atoms with van der Waals surface area (Å²) in [4.78, 5) is 22.1. The van der Waals surface area contributed by atoms with Gasteiger partial charge < -0.3 is 22.1 Å². The molecule has 1 rings (SSSR count). The van der Waals surface area contributed by atoms with E-state index >= 15 is 0 Å². The van der Waals surface area contributed by atoms with Gasteiger partial charge in [-0.25, -0.2) is 4.79 Å². The molecular formula is C10H14N4O2. The van der Waals surface area contributed by atoms with E-state index in [-0.39, 0.29) is 0 Å². The molecule has 3 amide bonds. The first kappa shape index (κ1) is 11.8. The van der Waals surface area contributed by atoms with Gasteiger partial charge in [0.25, 0.3) is 0 Å². The maximum atomic E-state index is 11.4. The highest BCUT2D eigenvalue weighted by Crippen LogP contribution is 2.11. The van der Waals surface area contributed by atoms with E-state index in [1.165, 1.54) is 6.92 Å². The van der Waals surface area contributed by atoms with Crippen molar-refractivity contribution in [3.63, 3.8) is 0 Å². The number of benzene rings is 1. The molecule has 1 atom stereocenters. The maximum Gasteiger partial charge on any atom is 0.319 e. The van der Waals surface area contributed by atoms with E-state index < -0.39 is 18.0 Å². The quantitative estimate of drug-likeness (QED) is 0.550. The van der Waals surface area contributed by atoms with Gasteiger partial charge in [0.15, 0.2) is 0 Å². The van der Waals surface area contributed by atoms with Crippen molar-refractivity contribution in [1.29, 1.82) is 0 Å². The molecule has 0 aliphatic rings. The van der Waals surface area contributed by atoms with E-state index in [4.69, 9.17) is 11.5 Å². The molecule has 0 aromatic heterocycles. The Morgan fingerprint density at radius 2 is 2.06 bits per heavy atom. The van der Waals surface area contributed by atoms with Crippen LogP contribution >= 0.6 is 0 Å². The van der Waals surface area contributed by atoms with Gasteiger partial charge >= 0.3 is 6.03 Å². The second-order valence-electron chi connectivity index (χ2n) is 3.35. The number of nitrogens with one attached hydrogen (secondary N) is 2. The summed E-state index contributed by atoms with van der Waals surface area (Å²) in [5.74, 6) is -0.595. The van der Waals surface area contributed by atoms with Crippen LogP contribution in [0.5, 0.6) is 0 Å². The van der Waals surface area contributed by atoms with Gasteiger partial charge in [-0.05, 0) is 25.1 Å². The molecular weight excluding hydrogens is 208 g/mol. The second kappa shape index (κ2) is 5.01. The molecule has 16 heavy (non-hydrogen) atoms. The van der Waals surface area contributed by atoms with E-state index in [9.17, 15) is 9.59 Å². The van der Waals surface area contributed by atoms with Crippen LogP contribution in [-0.4, -0.2) is 18.0 Å². The standard InChI is InChI=1S/C10H14N4O2/c1-6(9(12)15)13-10(16)14-8-4-2-3-7(11)5-8/h2-6H,11H2,1H3,(H2,12,15)(H2,13,14,16). The zero-order valence-corrected chi connectivity index (χ0v) is 8.86. The van der Waals surface area contributed by atoms with Gasteiger partial charge in [-0.3, -0.25) is 4.79 Å². The van der Waals surface area contributed by atoms with Crippen molar-refractivity contribution in [1.82, 2.24) is 5.32 Å². The lowest BCUT2D eigenvalue weighted by Gasteiger charge is -2.11. The van der Waals surface area contributed by atoms with Crippen LogP contribution in [0.25, 0.3) is 0 Å². The van der Waals surface area contributed by atoms with Gasteiger partial charge in [0.1, 0.15) is 6.04 Å². The molecule has 0 radical (unpaired) electrons. The normalized spacial score (nSPS) is 11.6. The molecule has 6 N–H and O–H groups in total. The van der Waals surface area contributed by atoms with Crippen LogP contribution in [-0.2, 0) is 4.79 Å². The Hall–Kier alpha value is -2.24. The minimum Gasteiger partial charge on any atom is -0.399 e. The Balaban J connectivity index is 2.55. The Bertz CT molecular complexity index is 406. The molecule has 0 saturated heterocycles. The lowest BCUT2D eigenvalue weighted by molar-refractivity contribution is -0.119. The van der Waals surface area contributed by atoms with Crippen molar-refractivity contribution in [2.45, 2.75) is 13.0 Å². The van der Waals surface area contributed by atoms with Gasteiger partial charge in [-0.1, -0.05) is 6.07 Å². The molecule has 86 valence electrons. The molecule has 0 saturated carbocycles. The third-order valence-corrected chi connectivity index (χ3v) is 1.92. The molecule has 0 fully saturated rings. The SMILES string of the molecule is CC(NC(=O)Nc1cccc(N)c1)C(N)=O. The summed E-state index contributed by atoms with van der Waals surface area (Å²) in [7, 11) is 0. The number of primary amides is 1. The molecule has 1 aromatic rings. The van der Waals surface area contributed by atoms with E-state index in [1.807, 2.05) is 0 Å². The second-order valence-corrected chi connectivity index (χ2v) is 3.35. The van der Waals surface area contributed by atoms with Crippen LogP contribution in [0.4, 0.5) is 16.2 Å². The molecule has 6 heteroatoms. The van der Waals surface area contributed by atoms with E-state index in [0.29, 0.717) is 11.4 Å². The van der Waals surface area contributed by atoms with Gasteiger partial charge in [0.2, 0.25) is 5.91 Å². The predicted molar refractivity (Wildman–Crippen MR) is 61.7 cm³/mol. The van der Waals surface area contributed by atoms with Crippen LogP contribution in [0.1, 0.15) is 6.92 Å². The molecule has 0 aliphatic carbocycles. The molecule has 6 nitrogen and oxygen atoms in total. The highest BCUT2D eigenvalue weighted by atomic mass is 16.2. The molecule has 0 aliphatic heterocycles. The number of urea groups is 1. The van der Waals surface area contributed by atoms with Crippen LogP contribution in [0.15, 0.2) is 24.3 Å². The number of rotatable bonds is 3. The Labute approximate surface area is 93.0 Å². The zero-order valence-electron chi connectivity index (χ0n) is 8.86. The number of nitrogen functional groups attached to an aromatic ring is 1. The van der Waals surface area contributed by atoms with Crippen molar-refractivity contribution in [3.05, 3.63) is 24.3 Å². The van der Waals surface area contributed by atoms with Crippen molar-refractivity contribution < 1.29 is 9.59 Å². The topological polar surface area (TPSA) is 110 Å². The fourth-order valence-corrected chi connectivity index (χ4v) is 1.05. The fourth-order valence-electron chi connectivity index (χ4n) is 1.05. The van der Waals surface area contributed by atoms with E-state index in [0.717, 1.165) is 0 Å². The average Bonchev–Trinajstić information content (AvgIpc) is 2.16. The Morgan fingerprint density at radius 3 is 2.62 bits per heavy atom. The average molecular weight is 222 g/mol. The summed E-state index contributed by atoms with van der Waals surface area (Å²) >= 11 is 0. The molecule has 0 bridgehead atoms. The van der Waals surface area contributed by atoms with E-state index in [1.54, 1.807) is 24.3 Å². The number of carbonyl (C=O) groups is 2. The van der Waals surface area contributed by atoms with Gasteiger partial charge in [0.05, 0.1) is 0 Å². The van der Waals surface area contributed by atoms with Crippen molar-refractivity contribution in [3.8, 4) is 0 Å². The molecule has 1 aromatic carbocycles. The van der Waals surface area contributed by atoms with Gasteiger partial charge in [0, 0.05) is 11.4 Å². The minimum absolute atomic E-state index is 0.503. The first-order valence-electron chi connectivity index (χ1n) is 4.71. The summed E-state index contributed by atoms with van der Waals surface area (Å²) in [6.45, 7) is 1.50. The predicted octanol–water partition coefficient (Wildman–Crippen LogP) is 0.264. The fraction of sp³-hybridized carbons (Fsp3) is 0.200. The highest BCUT2D eigenvalue weighted by Gasteiger charge is 2.11. The first-order chi connectivity index (χ1) is 7.49. The molecule has 1 unspecified atom stereocenters. The molecule has 0 spiro atoms. The van der Waals surface area contributed by atoms with Crippen LogP contribution < -0.4 is 22.1 Å². The number of hydrogen-bond acceptors (Lipinski definition) is 3. The van der Waals surface area contributed by atoms with Crippen molar-refractivity contribution in [2.75, 3.05) is 11.1 Å². The molecule has 0 heterocycles. The number of anilines is 2. The van der Waals surface area contributed by atoms with E-state index in [2.05, 4.69) is 10.6 Å². The van der Waals surface area contributed by atoms with Crippen molar-refractivity contribution in [2.24, 2.45) is 5.73 Å². The van der Waals surface area contributed by atoms with Gasteiger partial charge in [-0.15, -0.1) is 0 Å². The summed E-state index contributed by atoms with van der Waals surface area (Å²) in [6, 6.07) is 5.48. The van der Waals surface area contributed by atoms with Crippen LogP contribution in [0.2, 0.25) is 0 Å². The number of hydrogen-bond donors (Lipinski definition) is 4. The van der Waals surface area contributed by atoms with Crippen LogP contribution in [0.3, 0.4) is 0 Å². The van der Waals surface area contributed by atoms with Crippen molar-refractivity contribution >= 4 is 23.3 Å². The largest absolute Gasteiger partial charge is 0.399 e. The highest BCUT2D eigenvalue weighted by molar-refractivity contribution is 5.93. The third kappa shape index (κ3) is 3.49. The Kier molecular flexibility index (Phi) is 3.71. The van der Waals surface area contributed by atoms with Crippen LogP contribution in [0, 0.1) is 0 Å². The number of amides is 3. The summed E-state index contributed by atoms with van der Waals surface area (Å²) in [6.07, 6.45) is 0. The summed E-state index contributed by atoms with van der Waals surface area (Å²) < 4.78 is 0. The minimum atomic E-state index is -0.721. The smallest absolute Gasteiger partial charge is 0.319 e. The lowest BCUT2D eigenvalue weighted by Crippen LogP contribution is -2.44. The summed E-state index contributed by atoms with van der Waals surface area (Å²) in [5.41, 5.74) is 11.6. The monoisotopic (exact) mass is 222 g/mol. The first-order valence-corrected chi connectivity index (χ1v) is 4.71. The maximum absolute atomic E-state index is 11.4. The third-order valence-electron chi connectivity index (χ3n) is 1.92. The number of carbonyl (C=O) groups excluding carboxylic acids is 2. The lowest BCUT2D eigenvalue weighted by atomic mass is 10.3. The Morgan fingerprint density at radius 1 is 1.38 bits per heavy atom. The number of nitrogens with two attached hydrogens (primary N) is 2. The van der Waals surface area contributed by atoms with Gasteiger partial charge in [-0.2, -0.15) is 0 Å². The zero-order chi connectivity index (χ0) is 12.1. The summed E-state index contributed by atoms with van der Waals surface area (Å²) in [5, 5.41) is 4.91.